The van der Waals surface area contributed by atoms with Gasteiger partial charge in [-0.3, -0.25) is 0 Å². The van der Waals surface area contributed by atoms with E-state index in [-0.39, 0.29) is 12.1 Å². The van der Waals surface area contributed by atoms with Gasteiger partial charge in [-0.2, -0.15) is 0 Å². The van der Waals surface area contributed by atoms with Gasteiger partial charge in [-0.05, 0) is 30.0 Å². The van der Waals surface area contributed by atoms with Crippen LogP contribution in [0.25, 0.3) is 10.7 Å². The highest BCUT2D eigenvalue weighted by Gasteiger charge is 2.23. The summed E-state index contributed by atoms with van der Waals surface area (Å²) in [6.07, 6.45) is 3.77. The van der Waals surface area contributed by atoms with Crippen LogP contribution < -0.4 is 5.73 Å². The molecule has 5 heteroatoms. The summed E-state index contributed by atoms with van der Waals surface area (Å²) in [4.78, 5) is 5.61. The van der Waals surface area contributed by atoms with E-state index in [0.29, 0.717) is 0 Å². The molecule has 1 aromatic carbocycles. The monoisotopic (exact) mass is 317 g/mol. The zero-order valence-electron chi connectivity index (χ0n) is 11.6. The molecule has 0 aliphatic rings. The van der Waals surface area contributed by atoms with Gasteiger partial charge < -0.3 is 10.3 Å². The molecule has 3 rings (SSSR count). The molecule has 0 saturated heterocycles. The van der Waals surface area contributed by atoms with E-state index in [9.17, 15) is 0 Å². The van der Waals surface area contributed by atoms with Crippen LogP contribution in [0.5, 0.6) is 0 Å². The van der Waals surface area contributed by atoms with Crippen LogP contribution in [-0.4, -0.2) is 15.6 Å². The van der Waals surface area contributed by atoms with E-state index in [1.165, 1.54) is 0 Å². The molecule has 2 aromatic heterocycles. The van der Waals surface area contributed by atoms with Gasteiger partial charge in [0, 0.05) is 23.5 Å². The zero-order chi connectivity index (χ0) is 14.8. The average molecular weight is 318 g/mol. The number of nitrogens with two attached hydrogens (primary N) is 1. The van der Waals surface area contributed by atoms with Crippen molar-refractivity contribution in [3.63, 3.8) is 0 Å². The van der Waals surface area contributed by atoms with E-state index in [2.05, 4.69) is 15.6 Å². The fourth-order valence-corrected chi connectivity index (χ4v) is 3.51. The molecule has 2 N–H and O–H groups in total. The molecule has 0 spiro atoms. The van der Waals surface area contributed by atoms with Crippen LogP contribution in [0.4, 0.5) is 0 Å². The summed E-state index contributed by atoms with van der Waals surface area (Å²) in [5.74, 6) is 0.923. The summed E-state index contributed by atoms with van der Waals surface area (Å²) in [7, 11) is 0. The van der Waals surface area contributed by atoms with Crippen molar-refractivity contribution in [2.75, 3.05) is 0 Å². The first-order chi connectivity index (χ1) is 10.2. The van der Waals surface area contributed by atoms with Crippen LogP contribution in [0.15, 0.2) is 54.2 Å². The highest BCUT2D eigenvalue weighted by molar-refractivity contribution is 7.13. The highest BCUT2D eigenvalue weighted by Crippen LogP contribution is 2.32. The fourth-order valence-electron chi connectivity index (χ4n) is 2.54. The van der Waals surface area contributed by atoms with E-state index >= 15 is 0 Å². The van der Waals surface area contributed by atoms with Crippen molar-refractivity contribution in [2.24, 2.45) is 5.73 Å². The lowest BCUT2D eigenvalue weighted by molar-refractivity contribution is 0.501. The predicted octanol–water partition coefficient (Wildman–Crippen LogP) is 4.20. The third-order valence-corrected chi connectivity index (χ3v) is 4.64. The molecule has 0 bridgehead atoms. The number of hydrogen-bond acceptors (Lipinski definition) is 3. The minimum Gasteiger partial charge on any atom is -0.326 e. The molecule has 21 heavy (non-hydrogen) atoms. The first kappa shape index (κ1) is 14.3. The standard InChI is InChI=1S/C16H16ClN3S/c1-11(18)15(12-5-2-3-6-13(12)17)20-9-8-19-16(20)14-7-4-10-21-14/h2-11,15H,18H2,1H3. The van der Waals surface area contributed by atoms with Crippen molar-refractivity contribution in [1.82, 2.24) is 9.55 Å². The largest absolute Gasteiger partial charge is 0.326 e. The van der Waals surface area contributed by atoms with Gasteiger partial charge in [0.2, 0.25) is 0 Å². The van der Waals surface area contributed by atoms with Crippen molar-refractivity contribution in [2.45, 2.75) is 19.0 Å². The van der Waals surface area contributed by atoms with Crippen molar-refractivity contribution in [3.05, 3.63) is 64.8 Å². The summed E-state index contributed by atoms with van der Waals surface area (Å²) < 4.78 is 2.11. The number of halogens is 1. The van der Waals surface area contributed by atoms with Gasteiger partial charge in [0.15, 0.2) is 5.82 Å². The van der Waals surface area contributed by atoms with Gasteiger partial charge in [0.25, 0.3) is 0 Å². The first-order valence-corrected chi connectivity index (χ1v) is 8.01. The lowest BCUT2D eigenvalue weighted by atomic mass is 10.0. The van der Waals surface area contributed by atoms with Gasteiger partial charge >= 0.3 is 0 Å². The summed E-state index contributed by atoms with van der Waals surface area (Å²) in [5.41, 5.74) is 7.27. The Labute approximate surface area is 133 Å². The third kappa shape index (κ3) is 2.75. The van der Waals surface area contributed by atoms with Crippen molar-refractivity contribution in [1.29, 1.82) is 0 Å². The number of imidazole rings is 1. The maximum atomic E-state index is 6.37. The molecule has 0 radical (unpaired) electrons. The maximum Gasteiger partial charge on any atom is 0.150 e. The summed E-state index contributed by atoms with van der Waals surface area (Å²) in [6.45, 7) is 1.99. The first-order valence-electron chi connectivity index (χ1n) is 6.75. The van der Waals surface area contributed by atoms with E-state index < -0.39 is 0 Å². The normalized spacial score (nSPS) is 14.0. The number of rotatable bonds is 4. The zero-order valence-corrected chi connectivity index (χ0v) is 13.2. The Bertz CT molecular complexity index is 719. The predicted molar refractivity (Wildman–Crippen MR) is 88.8 cm³/mol. The lowest BCUT2D eigenvalue weighted by Gasteiger charge is -2.25. The van der Waals surface area contributed by atoms with Gasteiger partial charge in [-0.15, -0.1) is 11.3 Å². The number of thiophene rings is 1. The van der Waals surface area contributed by atoms with E-state index in [4.69, 9.17) is 17.3 Å². The third-order valence-electron chi connectivity index (χ3n) is 3.43. The van der Waals surface area contributed by atoms with E-state index in [0.717, 1.165) is 21.3 Å². The number of aromatic nitrogens is 2. The molecule has 2 atom stereocenters. The Kier molecular flexibility index (Phi) is 4.10. The highest BCUT2D eigenvalue weighted by atomic mass is 35.5. The Morgan fingerprint density at radius 2 is 2.05 bits per heavy atom. The van der Waals surface area contributed by atoms with Gasteiger partial charge in [0.05, 0.1) is 10.9 Å². The van der Waals surface area contributed by atoms with Crippen LogP contribution in [0.1, 0.15) is 18.5 Å². The van der Waals surface area contributed by atoms with Crippen molar-refractivity contribution in [3.8, 4) is 10.7 Å². The molecule has 3 nitrogen and oxygen atoms in total. The fraction of sp³-hybridized carbons (Fsp3) is 0.188. The molecule has 0 aliphatic carbocycles. The molecular weight excluding hydrogens is 302 g/mol. The van der Waals surface area contributed by atoms with Gasteiger partial charge in [0.1, 0.15) is 0 Å². The SMILES string of the molecule is CC(N)C(c1ccccc1Cl)n1ccnc1-c1cccs1. The maximum absolute atomic E-state index is 6.37. The quantitative estimate of drug-likeness (QED) is 0.783. The van der Waals surface area contributed by atoms with Crippen LogP contribution >= 0.6 is 22.9 Å². The smallest absolute Gasteiger partial charge is 0.150 e. The van der Waals surface area contributed by atoms with Crippen LogP contribution in [-0.2, 0) is 0 Å². The van der Waals surface area contributed by atoms with Crippen LogP contribution in [0, 0.1) is 0 Å². The summed E-state index contributed by atoms with van der Waals surface area (Å²) >= 11 is 8.04. The summed E-state index contributed by atoms with van der Waals surface area (Å²) in [6, 6.07) is 11.8. The second-order valence-electron chi connectivity index (χ2n) is 4.96. The topological polar surface area (TPSA) is 43.8 Å². The van der Waals surface area contributed by atoms with E-state index in [1.807, 2.05) is 48.8 Å². The van der Waals surface area contributed by atoms with Crippen LogP contribution in [0.2, 0.25) is 5.02 Å². The summed E-state index contributed by atoms with van der Waals surface area (Å²) in [5, 5.41) is 2.77. The molecule has 0 saturated carbocycles. The van der Waals surface area contributed by atoms with Gasteiger partial charge in [-0.25, -0.2) is 4.98 Å². The van der Waals surface area contributed by atoms with E-state index in [1.54, 1.807) is 17.5 Å². The molecule has 0 fully saturated rings. The average Bonchev–Trinajstić information content (AvgIpc) is 3.11. The number of benzene rings is 1. The Morgan fingerprint density at radius 3 is 2.71 bits per heavy atom. The van der Waals surface area contributed by atoms with Crippen LogP contribution in [0.3, 0.4) is 0 Å². The Hall–Kier alpha value is -1.62. The van der Waals surface area contributed by atoms with Crippen molar-refractivity contribution >= 4 is 22.9 Å². The molecule has 3 aromatic rings. The molecule has 0 aliphatic heterocycles. The number of hydrogen-bond donors (Lipinski definition) is 1. The molecular formula is C16H16ClN3S. The molecule has 2 unspecified atom stereocenters. The molecule has 0 amide bonds. The second kappa shape index (κ2) is 6.02. The molecule has 2 heterocycles. The molecule has 108 valence electrons. The van der Waals surface area contributed by atoms with Gasteiger partial charge in [-0.1, -0.05) is 35.9 Å². The lowest BCUT2D eigenvalue weighted by Crippen LogP contribution is -2.30. The minimum absolute atomic E-state index is 0.0432. The van der Waals surface area contributed by atoms with Crippen molar-refractivity contribution < 1.29 is 0 Å². The Morgan fingerprint density at radius 1 is 1.24 bits per heavy atom. The number of nitrogens with zero attached hydrogens (tertiary/aromatic N) is 2. The minimum atomic E-state index is -0.0854. The Balaban J connectivity index is 2.12. The second-order valence-corrected chi connectivity index (χ2v) is 6.32.